The van der Waals surface area contributed by atoms with Crippen LogP contribution in [0.15, 0.2) is 30.5 Å². The van der Waals surface area contributed by atoms with Crippen molar-refractivity contribution in [1.29, 1.82) is 0 Å². The lowest BCUT2D eigenvalue weighted by molar-refractivity contribution is -0.119. The van der Waals surface area contributed by atoms with Crippen LogP contribution in [0.1, 0.15) is 61.7 Å². The van der Waals surface area contributed by atoms with Crippen LogP contribution in [-0.4, -0.2) is 22.4 Å². The van der Waals surface area contributed by atoms with Crippen molar-refractivity contribution in [3.63, 3.8) is 0 Å². The van der Waals surface area contributed by atoms with Gasteiger partial charge in [0.15, 0.2) is 0 Å². The Kier molecular flexibility index (Phi) is 3.90. The van der Waals surface area contributed by atoms with Gasteiger partial charge in [-0.25, -0.2) is 4.98 Å². The third-order valence-corrected chi connectivity index (χ3v) is 5.26. The molecular weight excluding hydrogens is 286 g/mol. The van der Waals surface area contributed by atoms with Crippen LogP contribution in [0.3, 0.4) is 0 Å². The van der Waals surface area contributed by atoms with Crippen molar-refractivity contribution in [2.75, 3.05) is 6.54 Å². The first-order valence-electron chi connectivity index (χ1n) is 8.71. The standard InChI is InChI=1S/C19H23N3O/c23-18-10-16(11-20-18)19-21-12-17(22-19)15-8-6-14(7-9-15)13-4-2-1-3-5-13/h6-9,12-13,16H,1-5,10-11H2,(H,20,23)(H,21,22)/t16-/m1/s1. The second-order valence-corrected chi connectivity index (χ2v) is 6.84. The van der Waals surface area contributed by atoms with Crippen LogP contribution in [-0.2, 0) is 4.79 Å². The third-order valence-electron chi connectivity index (χ3n) is 5.26. The minimum absolute atomic E-state index is 0.116. The number of carbonyl (C=O) groups excluding carboxylic acids is 1. The number of aromatic nitrogens is 2. The lowest BCUT2D eigenvalue weighted by atomic mass is 9.84. The molecule has 0 spiro atoms. The summed E-state index contributed by atoms with van der Waals surface area (Å²) < 4.78 is 0. The molecule has 2 N–H and O–H groups in total. The molecule has 4 heteroatoms. The molecule has 2 heterocycles. The highest BCUT2D eigenvalue weighted by Gasteiger charge is 2.25. The molecule has 1 amide bonds. The zero-order chi connectivity index (χ0) is 15.6. The largest absolute Gasteiger partial charge is 0.355 e. The highest BCUT2D eigenvalue weighted by atomic mass is 16.1. The number of rotatable bonds is 3. The summed E-state index contributed by atoms with van der Waals surface area (Å²) >= 11 is 0. The van der Waals surface area contributed by atoms with Gasteiger partial charge in [0, 0.05) is 18.9 Å². The fourth-order valence-electron chi connectivity index (χ4n) is 3.86. The highest BCUT2D eigenvalue weighted by Crippen LogP contribution is 2.33. The number of nitrogens with one attached hydrogen (secondary N) is 2. The van der Waals surface area contributed by atoms with Gasteiger partial charge in [0.1, 0.15) is 5.82 Å². The minimum Gasteiger partial charge on any atom is -0.355 e. The number of aromatic amines is 1. The van der Waals surface area contributed by atoms with Crippen molar-refractivity contribution in [1.82, 2.24) is 15.3 Å². The van der Waals surface area contributed by atoms with E-state index in [9.17, 15) is 4.79 Å². The van der Waals surface area contributed by atoms with E-state index in [1.54, 1.807) is 0 Å². The molecule has 23 heavy (non-hydrogen) atoms. The zero-order valence-electron chi connectivity index (χ0n) is 13.3. The number of carbonyl (C=O) groups is 1. The number of amides is 1. The van der Waals surface area contributed by atoms with Crippen LogP contribution in [0, 0.1) is 0 Å². The Morgan fingerprint density at radius 2 is 1.78 bits per heavy atom. The average Bonchev–Trinajstić information content (AvgIpc) is 3.25. The number of hydrogen-bond acceptors (Lipinski definition) is 2. The van der Waals surface area contributed by atoms with Crippen molar-refractivity contribution in [3.05, 3.63) is 41.9 Å². The summed E-state index contributed by atoms with van der Waals surface area (Å²) in [4.78, 5) is 19.2. The molecule has 1 saturated carbocycles. The molecule has 1 aromatic carbocycles. The molecule has 120 valence electrons. The molecule has 4 rings (SSSR count). The summed E-state index contributed by atoms with van der Waals surface area (Å²) in [6.07, 6.45) is 9.20. The molecule has 1 saturated heterocycles. The minimum atomic E-state index is 0.116. The Labute approximate surface area is 136 Å². The number of H-pyrrole nitrogens is 1. The van der Waals surface area contributed by atoms with Gasteiger partial charge < -0.3 is 10.3 Å². The molecule has 2 fully saturated rings. The maximum absolute atomic E-state index is 11.3. The molecule has 4 nitrogen and oxygen atoms in total. The molecule has 2 aliphatic rings. The molecule has 0 bridgehead atoms. The van der Waals surface area contributed by atoms with Crippen LogP contribution < -0.4 is 5.32 Å². The smallest absolute Gasteiger partial charge is 0.220 e. The van der Waals surface area contributed by atoms with E-state index in [4.69, 9.17) is 0 Å². The monoisotopic (exact) mass is 309 g/mol. The lowest BCUT2D eigenvalue weighted by Gasteiger charge is -2.22. The lowest BCUT2D eigenvalue weighted by Crippen LogP contribution is -2.13. The van der Waals surface area contributed by atoms with E-state index in [0.717, 1.165) is 17.4 Å². The van der Waals surface area contributed by atoms with Crippen LogP contribution in [0.25, 0.3) is 11.3 Å². The quantitative estimate of drug-likeness (QED) is 0.907. The molecule has 0 unspecified atom stereocenters. The van der Waals surface area contributed by atoms with E-state index in [1.807, 2.05) is 6.20 Å². The number of nitrogens with zero attached hydrogens (tertiary/aromatic N) is 1. The Bertz CT molecular complexity index is 683. The summed E-state index contributed by atoms with van der Waals surface area (Å²) in [6.45, 7) is 0.687. The van der Waals surface area contributed by atoms with Gasteiger partial charge in [-0.3, -0.25) is 4.79 Å². The molecule has 2 aromatic rings. The van der Waals surface area contributed by atoms with Gasteiger partial charge in [-0.05, 0) is 29.9 Å². The van der Waals surface area contributed by atoms with Crippen molar-refractivity contribution >= 4 is 5.91 Å². The molecular formula is C19H23N3O. The summed E-state index contributed by atoms with van der Waals surface area (Å²) in [6, 6.07) is 8.93. The Morgan fingerprint density at radius 1 is 1.00 bits per heavy atom. The Balaban J connectivity index is 1.49. The predicted octanol–water partition coefficient (Wildman–Crippen LogP) is 3.73. The number of imidazole rings is 1. The summed E-state index contributed by atoms with van der Waals surface area (Å²) in [7, 11) is 0. The maximum atomic E-state index is 11.3. The van der Waals surface area contributed by atoms with Gasteiger partial charge in [-0.15, -0.1) is 0 Å². The van der Waals surface area contributed by atoms with E-state index >= 15 is 0 Å². The molecule has 1 aliphatic carbocycles. The van der Waals surface area contributed by atoms with Crippen molar-refractivity contribution in [3.8, 4) is 11.3 Å². The van der Waals surface area contributed by atoms with E-state index in [0.29, 0.717) is 13.0 Å². The zero-order valence-corrected chi connectivity index (χ0v) is 13.3. The van der Waals surface area contributed by atoms with E-state index in [-0.39, 0.29) is 11.8 Å². The molecule has 0 radical (unpaired) electrons. The second-order valence-electron chi connectivity index (χ2n) is 6.84. The second kappa shape index (κ2) is 6.19. The van der Waals surface area contributed by atoms with Crippen molar-refractivity contribution in [2.45, 2.75) is 50.4 Å². The summed E-state index contributed by atoms with van der Waals surface area (Å²) in [5, 5.41) is 2.86. The normalized spacial score (nSPS) is 22.3. The van der Waals surface area contributed by atoms with Crippen LogP contribution in [0.5, 0.6) is 0 Å². The topological polar surface area (TPSA) is 57.8 Å². The van der Waals surface area contributed by atoms with Crippen LogP contribution in [0.2, 0.25) is 0 Å². The fourth-order valence-corrected chi connectivity index (χ4v) is 3.86. The summed E-state index contributed by atoms with van der Waals surface area (Å²) in [5.41, 5.74) is 3.67. The van der Waals surface area contributed by atoms with Crippen molar-refractivity contribution < 1.29 is 4.79 Å². The molecule has 1 aliphatic heterocycles. The van der Waals surface area contributed by atoms with Gasteiger partial charge in [-0.2, -0.15) is 0 Å². The molecule has 1 aromatic heterocycles. The van der Waals surface area contributed by atoms with Crippen molar-refractivity contribution in [2.24, 2.45) is 0 Å². The first kappa shape index (κ1) is 14.5. The van der Waals surface area contributed by atoms with Gasteiger partial charge in [-0.1, -0.05) is 43.5 Å². The van der Waals surface area contributed by atoms with Crippen LogP contribution in [0.4, 0.5) is 0 Å². The first-order valence-corrected chi connectivity index (χ1v) is 8.71. The van der Waals surface area contributed by atoms with Gasteiger partial charge in [0.05, 0.1) is 11.9 Å². The average molecular weight is 309 g/mol. The summed E-state index contributed by atoms with van der Waals surface area (Å²) in [5.74, 6) is 1.95. The Hall–Kier alpha value is -2.10. The fraction of sp³-hybridized carbons (Fsp3) is 0.474. The van der Waals surface area contributed by atoms with Gasteiger partial charge in [0.25, 0.3) is 0 Å². The van der Waals surface area contributed by atoms with Crippen LogP contribution >= 0.6 is 0 Å². The SMILES string of the molecule is O=C1C[C@@H](c2ncc(-c3ccc(C4CCCCC4)cc3)[nH]2)CN1. The molecule has 1 atom stereocenters. The first-order chi connectivity index (χ1) is 11.3. The number of hydrogen-bond donors (Lipinski definition) is 2. The van der Waals surface area contributed by atoms with Gasteiger partial charge in [0.2, 0.25) is 5.91 Å². The highest BCUT2D eigenvalue weighted by molar-refractivity contribution is 5.79. The third kappa shape index (κ3) is 3.03. The predicted molar refractivity (Wildman–Crippen MR) is 90.2 cm³/mol. The van der Waals surface area contributed by atoms with E-state index in [1.165, 1.54) is 43.2 Å². The number of benzene rings is 1. The van der Waals surface area contributed by atoms with E-state index in [2.05, 4.69) is 39.6 Å². The van der Waals surface area contributed by atoms with E-state index < -0.39 is 0 Å². The van der Waals surface area contributed by atoms with Gasteiger partial charge >= 0.3 is 0 Å². The Morgan fingerprint density at radius 3 is 2.48 bits per heavy atom. The maximum Gasteiger partial charge on any atom is 0.220 e.